The van der Waals surface area contributed by atoms with Gasteiger partial charge in [0.15, 0.2) is 11.3 Å². The molecule has 11 nitrogen and oxygen atoms in total. The lowest BCUT2D eigenvalue weighted by Gasteiger charge is -2.30. The molecule has 0 unspecified atom stereocenters. The molecule has 12 heteroatoms. The molecule has 38 heavy (non-hydrogen) atoms. The standard InChI is InChI=1S/C26H34ClN9O2/c1-35(2)12-10-24(37)32-18-7-5-17(6-8-18)31-23-14-20(30-16-3-4-16)25-29-15-21(36(25)34-23)26(38)33-19-9-11-28-22(27)13-19/h9,11,13-18,30H,3-8,10,12H2,1-2H3,(H,31,34)(H,32,37)(H,28,33,38)/t17-,18-. The lowest BCUT2D eigenvalue weighted by molar-refractivity contribution is -0.122. The molecule has 0 aliphatic heterocycles. The first kappa shape index (κ1) is 26.2. The van der Waals surface area contributed by atoms with E-state index in [1.807, 2.05) is 25.1 Å². The number of carbonyl (C=O) groups is 2. The Morgan fingerprint density at radius 3 is 2.45 bits per heavy atom. The van der Waals surface area contributed by atoms with Crippen LogP contribution in [-0.2, 0) is 4.79 Å². The van der Waals surface area contributed by atoms with Crippen LogP contribution in [0.1, 0.15) is 55.4 Å². The summed E-state index contributed by atoms with van der Waals surface area (Å²) >= 11 is 5.96. The van der Waals surface area contributed by atoms with Gasteiger partial charge in [-0.2, -0.15) is 0 Å². The Balaban J connectivity index is 1.28. The van der Waals surface area contributed by atoms with Crippen LogP contribution in [0.15, 0.2) is 30.6 Å². The molecule has 202 valence electrons. The van der Waals surface area contributed by atoms with Crippen molar-refractivity contribution in [2.24, 2.45) is 0 Å². The highest BCUT2D eigenvalue weighted by Gasteiger charge is 2.26. The Morgan fingerprint density at radius 1 is 1.03 bits per heavy atom. The van der Waals surface area contributed by atoms with Gasteiger partial charge in [-0.15, -0.1) is 5.10 Å². The smallest absolute Gasteiger partial charge is 0.276 e. The van der Waals surface area contributed by atoms with Crippen molar-refractivity contribution in [3.63, 3.8) is 0 Å². The molecular weight excluding hydrogens is 506 g/mol. The summed E-state index contributed by atoms with van der Waals surface area (Å²) in [5.41, 5.74) is 2.31. The summed E-state index contributed by atoms with van der Waals surface area (Å²) in [5.74, 6) is 0.448. The van der Waals surface area contributed by atoms with Crippen molar-refractivity contribution in [2.45, 2.75) is 63.1 Å². The molecule has 5 rings (SSSR count). The molecular formula is C26H34ClN9O2. The van der Waals surface area contributed by atoms with Gasteiger partial charge >= 0.3 is 0 Å². The van der Waals surface area contributed by atoms with Crippen LogP contribution in [0.3, 0.4) is 0 Å². The average molecular weight is 540 g/mol. The van der Waals surface area contributed by atoms with E-state index in [0.29, 0.717) is 40.5 Å². The first-order valence-electron chi connectivity index (χ1n) is 13.1. The number of amides is 2. The summed E-state index contributed by atoms with van der Waals surface area (Å²) in [4.78, 5) is 35.8. The van der Waals surface area contributed by atoms with Gasteiger partial charge in [0.1, 0.15) is 11.0 Å². The maximum absolute atomic E-state index is 13.1. The van der Waals surface area contributed by atoms with E-state index in [1.165, 1.54) is 12.4 Å². The topological polar surface area (TPSA) is 129 Å². The Morgan fingerprint density at radius 2 is 1.74 bits per heavy atom. The van der Waals surface area contributed by atoms with Crippen molar-refractivity contribution in [2.75, 3.05) is 36.6 Å². The van der Waals surface area contributed by atoms with Gasteiger partial charge < -0.3 is 26.2 Å². The Bertz CT molecular complexity index is 1300. The summed E-state index contributed by atoms with van der Waals surface area (Å²) in [6, 6.07) is 6.08. The Labute approximate surface area is 226 Å². The molecule has 2 aliphatic rings. The molecule has 0 bridgehead atoms. The number of rotatable bonds is 10. The number of halogens is 1. The van der Waals surface area contributed by atoms with Crippen LogP contribution in [0.2, 0.25) is 5.15 Å². The van der Waals surface area contributed by atoms with Gasteiger partial charge in [0.2, 0.25) is 5.91 Å². The number of pyridine rings is 1. The minimum atomic E-state index is -0.340. The van der Waals surface area contributed by atoms with Gasteiger partial charge in [0.25, 0.3) is 5.91 Å². The van der Waals surface area contributed by atoms with Gasteiger partial charge in [-0.25, -0.2) is 14.5 Å². The molecule has 0 spiro atoms. The normalized spacial score (nSPS) is 19.4. The van der Waals surface area contributed by atoms with E-state index >= 15 is 0 Å². The third kappa shape index (κ3) is 6.70. The molecule has 3 aromatic heterocycles. The van der Waals surface area contributed by atoms with Gasteiger partial charge in [-0.3, -0.25) is 9.59 Å². The quantitative estimate of drug-likeness (QED) is 0.289. The number of hydrogen-bond donors (Lipinski definition) is 4. The molecule has 0 aromatic carbocycles. The molecule has 0 saturated heterocycles. The summed E-state index contributed by atoms with van der Waals surface area (Å²) in [6.07, 6.45) is 9.47. The predicted molar refractivity (Wildman–Crippen MR) is 148 cm³/mol. The van der Waals surface area contributed by atoms with Gasteiger partial charge in [-0.1, -0.05) is 11.6 Å². The fourth-order valence-corrected chi connectivity index (χ4v) is 4.81. The van der Waals surface area contributed by atoms with E-state index in [1.54, 1.807) is 16.6 Å². The van der Waals surface area contributed by atoms with E-state index in [9.17, 15) is 9.59 Å². The average Bonchev–Trinajstić information content (AvgIpc) is 3.59. The molecule has 2 saturated carbocycles. The SMILES string of the molecule is CN(C)CCC(=O)N[C@H]1CC[C@H](Nc2cc(NC3CC3)c3ncc(C(=O)Nc4ccnc(Cl)c4)n3n2)CC1. The molecule has 4 N–H and O–H groups in total. The summed E-state index contributed by atoms with van der Waals surface area (Å²) in [5, 5.41) is 18.1. The molecule has 3 aromatic rings. The van der Waals surface area contributed by atoms with Crippen molar-refractivity contribution in [1.29, 1.82) is 0 Å². The number of fused-ring (bicyclic) bond motifs is 1. The summed E-state index contributed by atoms with van der Waals surface area (Å²) < 4.78 is 1.59. The molecule has 2 amide bonds. The van der Waals surface area contributed by atoms with Crippen LogP contribution in [0.25, 0.3) is 5.65 Å². The Kier molecular flexibility index (Phi) is 7.94. The van der Waals surface area contributed by atoms with Crippen LogP contribution in [-0.4, -0.2) is 75.1 Å². The second-order valence-electron chi connectivity index (χ2n) is 10.4. The van der Waals surface area contributed by atoms with Crippen molar-refractivity contribution in [1.82, 2.24) is 29.8 Å². The highest BCUT2D eigenvalue weighted by molar-refractivity contribution is 6.29. The second kappa shape index (κ2) is 11.5. The molecule has 2 aliphatic carbocycles. The summed E-state index contributed by atoms with van der Waals surface area (Å²) in [7, 11) is 3.94. The third-order valence-corrected chi connectivity index (χ3v) is 7.06. The third-order valence-electron chi connectivity index (χ3n) is 6.85. The van der Waals surface area contributed by atoms with E-state index in [2.05, 4.69) is 31.2 Å². The number of nitrogens with one attached hydrogen (secondary N) is 4. The van der Waals surface area contributed by atoms with Gasteiger partial charge in [-0.05, 0) is 64.8 Å². The van der Waals surface area contributed by atoms with E-state index < -0.39 is 0 Å². The highest BCUT2D eigenvalue weighted by atomic mass is 35.5. The van der Waals surface area contributed by atoms with Crippen molar-refractivity contribution >= 4 is 46.3 Å². The van der Waals surface area contributed by atoms with E-state index in [-0.39, 0.29) is 23.9 Å². The maximum atomic E-state index is 13.1. The number of nitrogens with zero attached hydrogens (tertiary/aromatic N) is 5. The zero-order valence-corrected chi connectivity index (χ0v) is 22.5. The lowest BCUT2D eigenvalue weighted by Crippen LogP contribution is -2.41. The van der Waals surface area contributed by atoms with Crippen LogP contribution < -0.4 is 21.3 Å². The number of anilines is 3. The van der Waals surface area contributed by atoms with Crippen molar-refractivity contribution in [3.8, 4) is 0 Å². The molecule has 0 radical (unpaired) electrons. The number of aromatic nitrogens is 4. The van der Waals surface area contributed by atoms with Crippen LogP contribution in [0.5, 0.6) is 0 Å². The largest absolute Gasteiger partial charge is 0.379 e. The zero-order valence-electron chi connectivity index (χ0n) is 21.7. The van der Waals surface area contributed by atoms with Gasteiger partial charge in [0, 0.05) is 49.0 Å². The summed E-state index contributed by atoms with van der Waals surface area (Å²) in [6.45, 7) is 0.749. The molecule has 3 heterocycles. The van der Waals surface area contributed by atoms with Crippen LogP contribution >= 0.6 is 11.6 Å². The fraction of sp³-hybridized carbons (Fsp3) is 0.500. The monoisotopic (exact) mass is 539 g/mol. The van der Waals surface area contributed by atoms with Crippen LogP contribution in [0, 0.1) is 0 Å². The van der Waals surface area contributed by atoms with Crippen molar-refractivity contribution < 1.29 is 9.59 Å². The highest BCUT2D eigenvalue weighted by Crippen LogP contribution is 2.30. The fourth-order valence-electron chi connectivity index (χ4n) is 4.64. The number of imidazole rings is 1. The van der Waals surface area contributed by atoms with E-state index in [4.69, 9.17) is 16.7 Å². The molecule has 2 fully saturated rings. The van der Waals surface area contributed by atoms with Crippen LogP contribution in [0.4, 0.5) is 17.2 Å². The zero-order chi connectivity index (χ0) is 26.6. The minimum Gasteiger partial charge on any atom is -0.379 e. The van der Waals surface area contributed by atoms with E-state index in [0.717, 1.165) is 50.8 Å². The lowest BCUT2D eigenvalue weighted by atomic mass is 9.91. The Hall–Kier alpha value is -3.44. The number of carbonyl (C=O) groups excluding carboxylic acids is 2. The van der Waals surface area contributed by atoms with Crippen molar-refractivity contribution in [3.05, 3.63) is 41.4 Å². The second-order valence-corrected chi connectivity index (χ2v) is 10.8. The minimum absolute atomic E-state index is 0.109. The van der Waals surface area contributed by atoms with Gasteiger partial charge in [0.05, 0.1) is 11.9 Å². The molecule has 0 atom stereocenters. The first-order valence-corrected chi connectivity index (χ1v) is 13.5. The first-order chi connectivity index (χ1) is 18.3. The number of hydrogen-bond acceptors (Lipinski definition) is 8. The predicted octanol–water partition coefficient (Wildman–Crippen LogP) is 3.40. The maximum Gasteiger partial charge on any atom is 0.276 e.